The SMILES string of the molecule is CCC(C)(CNc1ccc(C(N)=O)cc1Cl)C(=O)O. The highest BCUT2D eigenvalue weighted by Crippen LogP contribution is 2.26. The first-order valence-corrected chi connectivity index (χ1v) is 6.24. The Hall–Kier alpha value is -1.75. The molecule has 0 aliphatic heterocycles. The molecule has 0 heterocycles. The van der Waals surface area contributed by atoms with E-state index < -0.39 is 17.3 Å². The fourth-order valence-electron chi connectivity index (χ4n) is 1.45. The van der Waals surface area contributed by atoms with E-state index in [0.717, 1.165) is 0 Å². The number of nitrogens with two attached hydrogens (primary N) is 1. The van der Waals surface area contributed by atoms with Crippen molar-refractivity contribution < 1.29 is 14.7 Å². The van der Waals surface area contributed by atoms with Gasteiger partial charge in [0.1, 0.15) is 0 Å². The highest BCUT2D eigenvalue weighted by molar-refractivity contribution is 6.33. The second-order valence-electron chi connectivity index (χ2n) is 4.63. The number of nitrogens with one attached hydrogen (secondary N) is 1. The summed E-state index contributed by atoms with van der Waals surface area (Å²) in [6.45, 7) is 3.72. The number of halogens is 1. The van der Waals surface area contributed by atoms with Crippen LogP contribution in [-0.4, -0.2) is 23.5 Å². The van der Waals surface area contributed by atoms with Crippen LogP contribution in [0, 0.1) is 5.41 Å². The fraction of sp³-hybridized carbons (Fsp3) is 0.385. The summed E-state index contributed by atoms with van der Waals surface area (Å²) >= 11 is 6.01. The molecule has 0 spiro atoms. The molecule has 0 radical (unpaired) electrons. The van der Waals surface area contributed by atoms with Gasteiger partial charge in [0.2, 0.25) is 5.91 Å². The number of carbonyl (C=O) groups excluding carboxylic acids is 1. The van der Waals surface area contributed by atoms with Gasteiger partial charge in [0, 0.05) is 12.1 Å². The molecule has 0 bridgehead atoms. The Labute approximate surface area is 116 Å². The molecule has 1 aromatic carbocycles. The number of primary amides is 1. The lowest BCUT2D eigenvalue weighted by molar-refractivity contribution is -0.147. The Bertz CT molecular complexity index is 505. The third-order valence-electron chi connectivity index (χ3n) is 3.22. The molecule has 104 valence electrons. The Balaban J connectivity index is 2.84. The molecule has 0 fully saturated rings. The van der Waals surface area contributed by atoms with Gasteiger partial charge in [0.25, 0.3) is 0 Å². The number of carbonyl (C=O) groups is 2. The molecule has 0 saturated heterocycles. The minimum absolute atomic E-state index is 0.245. The Morgan fingerprint density at radius 3 is 2.53 bits per heavy atom. The van der Waals surface area contributed by atoms with Crippen molar-refractivity contribution in [2.75, 3.05) is 11.9 Å². The molecule has 6 heteroatoms. The number of carboxylic acid groups (broad SMARTS) is 1. The predicted molar refractivity (Wildman–Crippen MR) is 74.5 cm³/mol. The molecule has 1 unspecified atom stereocenters. The van der Waals surface area contributed by atoms with Gasteiger partial charge >= 0.3 is 5.97 Å². The zero-order valence-corrected chi connectivity index (χ0v) is 11.6. The monoisotopic (exact) mass is 284 g/mol. The van der Waals surface area contributed by atoms with Gasteiger partial charge in [-0.05, 0) is 31.5 Å². The molecule has 0 aliphatic carbocycles. The van der Waals surface area contributed by atoms with E-state index in [1.165, 1.54) is 6.07 Å². The van der Waals surface area contributed by atoms with Crippen molar-refractivity contribution in [3.63, 3.8) is 0 Å². The van der Waals surface area contributed by atoms with Gasteiger partial charge < -0.3 is 16.2 Å². The summed E-state index contributed by atoms with van der Waals surface area (Å²) < 4.78 is 0. The minimum Gasteiger partial charge on any atom is -0.481 e. The van der Waals surface area contributed by atoms with Gasteiger partial charge in [-0.25, -0.2) is 0 Å². The first-order valence-electron chi connectivity index (χ1n) is 5.87. The summed E-state index contributed by atoms with van der Waals surface area (Å²) in [6, 6.07) is 4.61. The predicted octanol–water partition coefficient (Wildman–Crippen LogP) is 2.35. The Morgan fingerprint density at radius 1 is 1.47 bits per heavy atom. The lowest BCUT2D eigenvalue weighted by Crippen LogP contribution is -2.34. The lowest BCUT2D eigenvalue weighted by Gasteiger charge is -2.24. The summed E-state index contributed by atoms with van der Waals surface area (Å²) in [5.74, 6) is -1.43. The van der Waals surface area contributed by atoms with Crippen molar-refractivity contribution in [1.82, 2.24) is 0 Å². The standard InChI is InChI=1S/C13H17ClN2O3/c1-3-13(2,12(18)19)7-16-10-5-4-8(11(15)17)6-9(10)14/h4-6,16H,3,7H2,1-2H3,(H2,15,17)(H,18,19). The Morgan fingerprint density at radius 2 is 2.11 bits per heavy atom. The molecule has 1 amide bonds. The molecule has 0 saturated carbocycles. The summed E-state index contributed by atoms with van der Waals surface area (Å²) in [4.78, 5) is 22.2. The number of amides is 1. The number of carboxylic acids is 1. The molecule has 1 atom stereocenters. The normalized spacial score (nSPS) is 13.6. The van der Waals surface area contributed by atoms with E-state index in [9.17, 15) is 9.59 Å². The molecule has 4 N–H and O–H groups in total. The summed E-state index contributed by atoms with van der Waals surface area (Å²) in [5.41, 5.74) is 5.16. The largest absolute Gasteiger partial charge is 0.481 e. The molecule has 1 aromatic rings. The van der Waals surface area contributed by atoms with Crippen LogP contribution in [0.1, 0.15) is 30.6 Å². The number of benzene rings is 1. The van der Waals surface area contributed by atoms with E-state index in [1.807, 2.05) is 6.92 Å². The average Bonchev–Trinajstić information content (AvgIpc) is 2.36. The van der Waals surface area contributed by atoms with Crippen molar-refractivity contribution in [2.24, 2.45) is 11.1 Å². The van der Waals surface area contributed by atoms with Gasteiger partial charge in [0.15, 0.2) is 0 Å². The second kappa shape index (κ2) is 5.93. The van der Waals surface area contributed by atoms with Crippen molar-refractivity contribution in [3.8, 4) is 0 Å². The topological polar surface area (TPSA) is 92.4 Å². The molecular formula is C13H17ClN2O3. The molecule has 5 nitrogen and oxygen atoms in total. The van der Waals surface area contributed by atoms with E-state index in [0.29, 0.717) is 22.7 Å². The van der Waals surface area contributed by atoms with Gasteiger partial charge in [-0.3, -0.25) is 9.59 Å². The zero-order chi connectivity index (χ0) is 14.6. The highest BCUT2D eigenvalue weighted by atomic mass is 35.5. The van der Waals surface area contributed by atoms with Crippen LogP contribution >= 0.6 is 11.6 Å². The van der Waals surface area contributed by atoms with Crippen molar-refractivity contribution in [3.05, 3.63) is 28.8 Å². The maximum Gasteiger partial charge on any atom is 0.311 e. The van der Waals surface area contributed by atoms with Crippen LogP contribution < -0.4 is 11.1 Å². The third kappa shape index (κ3) is 3.61. The quantitative estimate of drug-likeness (QED) is 0.747. The maximum absolute atomic E-state index is 11.2. The van der Waals surface area contributed by atoms with Crippen molar-refractivity contribution in [1.29, 1.82) is 0 Å². The number of anilines is 1. The zero-order valence-electron chi connectivity index (χ0n) is 10.9. The lowest BCUT2D eigenvalue weighted by atomic mass is 9.87. The molecular weight excluding hydrogens is 268 g/mol. The Kier molecular flexibility index (Phi) is 4.78. The van der Waals surface area contributed by atoms with E-state index in [2.05, 4.69) is 5.32 Å². The number of rotatable bonds is 6. The molecule has 19 heavy (non-hydrogen) atoms. The summed E-state index contributed by atoms with van der Waals surface area (Å²) in [5, 5.41) is 12.5. The van der Waals surface area contributed by atoms with Crippen LogP contribution in [0.3, 0.4) is 0 Å². The van der Waals surface area contributed by atoms with Gasteiger partial charge in [0.05, 0.1) is 16.1 Å². The summed E-state index contributed by atoms with van der Waals surface area (Å²) in [6.07, 6.45) is 0.492. The number of aliphatic carboxylic acids is 1. The highest BCUT2D eigenvalue weighted by Gasteiger charge is 2.30. The summed E-state index contributed by atoms with van der Waals surface area (Å²) in [7, 11) is 0. The van der Waals surface area contributed by atoms with Crippen molar-refractivity contribution >= 4 is 29.2 Å². The molecule has 0 aliphatic rings. The van der Waals surface area contributed by atoms with Gasteiger partial charge in [-0.15, -0.1) is 0 Å². The van der Waals surface area contributed by atoms with Crippen LogP contribution in [0.15, 0.2) is 18.2 Å². The van der Waals surface area contributed by atoms with E-state index in [-0.39, 0.29) is 6.54 Å². The number of hydrogen-bond donors (Lipinski definition) is 3. The number of hydrogen-bond acceptors (Lipinski definition) is 3. The van der Waals surface area contributed by atoms with Gasteiger partial charge in [-0.1, -0.05) is 18.5 Å². The first kappa shape index (κ1) is 15.3. The van der Waals surface area contributed by atoms with Gasteiger partial charge in [-0.2, -0.15) is 0 Å². The first-order chi connectivity index (χ1) is 8.80. The van der Waals surface area contributed by atoms with Crippen LogP contribution in [0.4, 0.5) is 5.69 Å². The second-order valence-corrected chi connectivity index (χ2v) is 5.04. The fourth-order valence-corrected chi connectivity index (χ4v) is 1.70. The van der Waals surface area contributed by atoms with Crippen molar-refractivity contribution in [2.45, 2.75) is 20.3 Å². The van der Waals surface area contributed by atoms with E-state index >= 15 is 0 Å². The molecule has 1 rings (SSSR count). The van der Waals surface area contributed by atoms with Crippen LogP contribution in [0.25, 0.3) is 0 Å². The smallest absolute Gasteiger partial charge is 0.311 e. The van der Waals surface area contributed by atoms with Crippen LogP contribution in [0.5, 0.6) is 0 Å². The maximum atomic E-state index is 11.2. The van der Waals surface area contributed by atoms with Crippen LogP contribution in [0.2, 0.25) is 5.02 Å². The van der Waals surface area contributed by atoms with Crippen LogP contribution in [-0.2, 0) is 4.79 Å². The average molecular weight is 285 g/mol. The third-order valence-corrected chi connectivity index (χ3v) is 3.53. The minimum atomic E-state index is -0.869. The van der Waals surface area contributed by atoms with E-state index in [1.54, 1.807) is 19.1 Å². The van der Waals surface area contributed by atoms with E-state index in [4.69, 9.17) is 22.4 Å². The molecule has 0 aromatic heterocycles.